The lowest BCUT2D eigenvalue weighted by atomic mass is 9.70. The third kappa shape index (κ3) is 7.65. The van der Waals surface area contributed by atoms with E-state index >= 15 is 0 Å². The van der Waals surface area contributed by atoms with Crippen LogP contribution in [0.5, 0.6) is 0 Å². The van der Waals surface area contributed by atoms with Crippen LogP contribution in [0.25, 0.3) is 0 Å². The Balaban J connectivity index is 1.91. The summed E-state index contributed by atoms with van der Waals surface area (Å²) in [6.45, 7) is 38.4. The Kier molecular flexibility index (Phi) is 10.9. The van der Waals surface area contributed by atoms with Crippen LogP contribution in [0.1, 0.15) is 114 Å². The predicted octanol–water partition coefficient (Wildman–Crippen LogP) is 7.22. The largest absolute Gasteiger partial charge is 0.399 e. The highest BCUT2D eigenvalue weighted by atomic mass is 16.2. The molecule has 2 aliphatic carbocycles. The maximum atomic E-state index is 14.9. The lowest BCUT2D eigenvalue weighted by Gasteiger charge is -2.45. The summed E-state index contributed by atoms with van der Waals surface area (Å²) in [5, 5.41) is 11.0. The number of amides is 1. The van der Waals surface area contributed by atoms with Crippen molar-refractivity contribution in [3.8, 4) is 0 Å². The van der Waals surface area contributed by atoms with Gasteiger partial charge in [-0.2, -0.15) is 0 Å². The zero-order chi connectivity index (χ0) is 32.5. The number of fused-ring (bicyclic) bond motifs is 1. The van der Waals surface area contributed by atoms with Crippen molar-refractivity contribution in [1.29, 1.82) is 0 Å². The number of piperidine rings is 1. The molecule has 1 aliphatic heterocycles. The minimum atomic E-state index is -0.351. The molecule has 5 unspecified atom stereocenters. The normalized spacial score (nSPS) is 26.7. The molecule has 1 heterocycles. The standard InChI is InChI=1S/C37H65N5O/c1-14-23(3)21-29(24(4)25(5)38)39-26(6)32-31-28(36(31,11)12)22-42(32)34(43)33(37(13)19-17-16-18-20-37)41-27(7)40-30(15-2)35(8,9)10/h23,28-33,39-41H,4-7,14-22,38H2,1-3,8-13H3/t23?,28-,29?,30?,31-,32?,33?/m0/s1. The van der Waals surface area contributed by atoms with E-state index in [1.165, 1.54) is 6.42 Å². The molecule has 0 aromatic heterocycles. The number of likely N-dealkylation sites (tertiary alicyclic amines) is 1. The van der Waals surface area contributed by atoms with E-state index in [1.807, 2.05) is 0 Å². The molecular formula is C37H65N5O. The van der Waals surface area contributed by atoms with E-state index in [2.05, 4.69) is 109 Å². The zero-order valence-electron chi connectivity index (χ0n) is 29.2. The monoisotopic (exact) mass is 596 g/mol. The third-order valence-corrected chi connectivity index (χ3v) is 11.4. The molecule has 7 atom stereocenters. The number of carbonyl (C=O) groups excluding carboxylic acids is 1. The summed E-state index contributed by atoms with van der Waals surface area (Å²) in [4.78, 5) is 17.0. The molecule has 0 spiro atoms. The molecule has 43 heavy (non-hydrogen) atoms. The molecule has 0 aromatic rings. The predicted molar refractivity (Wildman–Crippen MR) is 183 cm³/mol. The summed E-state index contributed by atoms with van der Waals surface area (Å²) in [5.74, 6) is 2.25. The lowest BCUT2D eigenvalue weighted by molar-refractivity contribution is -0.138. The van der Waals surface area contributed by atoms with Crippen LogP contribution < -0.4 is 21.7 Å². The van der Waals surface area contributed by atoms with Gasteiger partial charge < -0.3 is 26.6 Å². The Morgan fingerprint density at radius 3 is 2.09 bits per heavy atom. The van der Waals surface area contributed by atoms with Gasteiger partial charge in [0, 0.05) is 24.0 Å². The molecule has 0 radical (unpaired) electrons. The van der Waals surface area contributed by atoms with Gasteiger partial charge in [0.2, 0.25) is 5.91 Å². The van der Waals surface area contributed by atoms with Crippen molar-refractivity contribution in [3.63, 3.8) is 0 Å². The second-order valence-electron chi connectivity index (χ2n) is 16.2. The van der Waals surface area contributed by atoms with E-state index in [1.54, 1.807) is 0 Å². The summed E-state index contributed by atoms with van der Waals surface area (Å²) >= 11 is 0. The molecule has 6 nitrogen and oxygen atoms in total. The van der Waals surface area contributed by atoms with Crippen LogP contribution in [0.15, 0.2) is 49.1 Å². The van der Waals surface area contributed by atoms with Crippen molar-refractivity contribution in [3.05, 3.63) is 49.1 Å². The Morgan fingerprint density at radius 2 is 1.58 bits per heavy atom. The van der Waals surface area contributed by atoms with Crippen molar-refractivity contribution in [1.82, 2.24) is 20.9 Å². The SMILES string of the molecule is C=C(NC(CC)C(C)(C)C)NC(C(=O)N1C[C@H]2[C@@H](C1C(=C)NC(CC(C)CC)C(=C)C(=C)N)C2(C)C)C1(C)CCCCC1. The fourth-order valence-electron chi connectivity index (χ4n) is 8.01. The molecule has 5 N–H and O–H groups in total. The number of nitrogens with zero attached hydrogens (tertiary/aromatic N) is 1. The van der Waals surface area contributed by atoms with Crippen molar-refractivity contribution in [2.24, 2.45) is 39.7 Å². The fraction of sp³-hybridized carbons (Fsp3) is 0.757. The van der Waals surface area contributed by atoms with Crippen molar-refractivity contribution < 1.29 is 4.79 Å². The third-order valence-electron chi connectivity index (χ3n) is 11.4. The Bertz CT molecular complexity index is 1060. The highest BCUT2D eigenvalue weighted by Gasteiger charge is 2.68. The molecule has 3 fully saturated rings. The molecule has 2 saturated carbocycles. The molecule has 3 aliphatic rings. The number of carbonyl (C=O) groups is 1. The van der Waals surface area contributed by atoms with Crippen LogP contribution in [0, 0.1) is 34.0 Å². The Hall–Kier alpha value is -2.37. The molecule has 244 valence electrons. The van der Waals surface area contributed by atoms with Gasteiger partial charge in [0.25, 0.3) is 0 Å². The minimum Gasteiger partial charge on any atom is -0.399 e. The fourth-order valence-corrected chi connectivity index (χ4v) is 8.01. The van der Waals surface area contributed by atoms with E-state index in [4.69, 9.17) is 5.73 Å². The Labute approximate surface area is 264 Å². The zero-order valence-corrected chi connectivity index (χ0v) is 29.2. The maximum absolute atomic E-state index is 14.9. The van der Waals surface area contributed by atoms with Gasteiger partial charge in [-0.1, -0.05) is 114 Å². The molecular weight excluding hydrogens is 530 g/mol. The summed E-state index contributed by atoms with van der Waals surface area (Å²) in [7, 11) is 0. The van der Waals surface area contributed by atoms with E-state index in [-0.39, 0.29) is 46.3 Å². The van der Waals surface area contributed by atoms with Gasteiger partial charge in [-0.25, -0.2) is 0 Å². The first-order valence-electron chi connectivity index (χ1n) is 17.0. The van der Waals surface area contributed by atoms with Crippen molar-refractivity contribution in [2.45, 2.75) is 138 Å². The molecule has 0 aromatic carbocycles. The van der Waals surface area contributed by atoms with E-state index in [9.17, 15) is 4.79 Å². The first-order chi connectivity index (χ1) is 19.9. The van der Waals surface area contributed by atoms with Crippen LogP contribution in [0.4, 0.5) is 0 Å². The smallest absolute Gasteiger partial charge is 0.246 e. The minimum absolute atomic E-state index is 0.0602. The number of nitrogens with one attached hydrogen (secondary N) is 3. The van der Waals surface area contributed by atoms with Gasteiger partial charge in [-0.15, -0.1) is 0 Å². The number of hydrogen-bond donors (Lipinski definition) is 4. The van der Waals surface area contributed by atoms with Crippen LogP contribution in [0.3, 0.4) is 0 Å². The quantitative estimate of drug-likeness (QED) is 0.150. The highest BCUT2D eigenvalue weighted by molar-refractivity contribution is 5.84. The van der Waals surface area contributed by atoms with E-state index < -0.39 is 0 Å². The van der Waals surface area contributed by atoms with Crippen LogP contribution in [0.2, 0.25) is 0 Å². The first kappa shape index (κ1) is 35.1. The van der Waals surface area contributed by atoms with Crippen molar-refractivity contribution in [2.75, 3.05) is 6.54 Å². The van der Waals surface area contributed by atoms with Crippen LogP contribution in [-0.2, 0) is 4.79 Å². The van der Waals surface area contributed by atoms with Crippen LogP contribution in [-0.4, -0.2) is 41.5 Å². The van der Waals surface area contributed by atoms with Crippen LogP contribution >= 0.6 is 0 Å². The molecule has 3 rings (SSSR count). The maximum Gasteiger partial charge on any atom is 0.246 e. The van der Waals surface area contributed by atoms with Crippen molar-refractivity contribution >= 4 is 5.91 Å². The van der Waals surface area contributed by atoms with Gasteiger partial charge in [0.05, 0.1) is 17.9 Å². The van der Waals surface area contributed by atoms with Gasteiger partial charge in [0.15, 0.2) is 0 Å². The molecule has 6 heteroatoms. The topological polar surface area (TPSA) is 82.4 Å². The summed E-state index contributed by atoms with van der Waals surface area (Å²) in [5.41, 5.74) is 8.46. The lowest BCUT2D eigenvalue weighted by Crippen LogP contribution is -2.59. The average Bonchev–Trinajstić information content (AvgIpc) is 3.24. The van der Waals surface area contributed by atoms with E-state index in [0.29, 0.717) is 23.5 Å². The van der Waals surface area contributed by atoms with E-state index in [0.717, 1.165) is 68.6 Å². The molecule has 1 amide bonds. The second-order valence-corrected chi connectivity index (χ2v) is 16.2. The van der Waals surface area contributed by atoms with Gasteiger partial charge in [-0.3, -0.25) is 4.79 Å². The Morgan fingerprint density at radius 1 is 0.977 bits per heavy atom. The first-order valence-corrected chi connectivity index (χ1v) is 17.0. The number of rotatable bonds is 15. The van der Waals surface area contributed by atoms with Gasteiger partial charge >= 0.3 is 0 Å². The molecule has 0 bridgehead atoms. The number of nitrogens with two attached hydrogens (primary N) is 1. The van der Waals surface area contributed by atoms with Gasteiger partial charge in [0.1, 0.15) is 6.04 Å². The summed E-state index contributed by atoms with van der Waals surface area (Å²) in [6.07, 6.45) is 8.55. The summed E-state index contributed by atoms with van der Waals surface area (Å²) < 4.78 is 0. The average molecular weight is 596 g/mol. The number of hydrogen-bond acceptors (Lipinski definition) is 5. The second kappa shape index (κ2) is 13.3. The molecule has 1 saturated heterocycles. The summed E-state index contributed by atoms with van der Waals surface area (Å²) in [6, 6.07) is -0.237. The highest BCUT2D eigenvalue weighted by Crippen LogP contribution is 2.66. The van der Waals surface area contributed by atoms with Gasteiger partial charge in [-0.05, 0) is 65.3 Å².